The van der Waals surface area contributed by atoms with Gasteiger partial charge in [-0.3, -0.25) is 0 Å². The first-order valence-corrected chi connectivity index (χ1v) is 3.77. The van der Waals surface area contributed by atoms with Crippen LogP contribution in [-0.4, -0.2) is 24.7 Å². The van der Waals surface area contributed by atoms with Crippen molar-refractivity contribution in [2.24, 2.45) is 7.05 Å². The Bertz CT molecular complexity index is 517. The molecule has 2 aromatic rings. The average molecular weight is 195 g/mol. The molecule has 0 fully saturated rings. The zero-order valence-electron chi connectivity index (χ0n) is 7.23. The number of halogens is 1. The van der Waals surface area contributed by atoms with Crippen LogP contribution in [0.1, 0.15) is 0 Å². The number of nitrogens with one attached hydrogen (secondary N) is 1. The Balaban J connectivity index is 2.68. The molecule has 0 aliphatic rings. The lowest BCUT2D eigenvalue weighted by Gasteiger charge is -1.99. The Labute approximate surface area is 77.4 Å². The second kappa shape index (κ2) is 3.02. The Morgan fingerprint density at radius 3 is 2.93 bits per heavy atom. The van der Waals surface area contributed by atoms with Crippen molar-refractivity contribution in [3.05, 3.63) is 28.8 Å². The van der Waals surface area contributed by atoms with Gasteiger partial charge in [-0.15, -0.1) is 0 Å². The van der Waals surface area contributed by atoms with Gasteiger partial charge < -0.3 is 4.98 Å². The molecule has 0 spiro atoms. The third-order valence-corrected chi connectivity index (χ3v) is 1.70. The second-order valence-corrected chi connectivity index (χ2v) is 2.62. The molecular weight excluding hydrogens is 189 g/mol. The number of rotatable bonds is 1. The minimum absolute atomic E-state index is 0.00926. The molecule has 0 aliphatic carbocycles. The number of nitrogens with zero attached hydrogens (tertiary/aromatic N) is 4. The minimum atomic E-state index is -0.638. The van der Waals surface area contributed by atoms with Gasteiger partial charge in [0.05, 0.1) is 6.20 Å². The zero-order valence-corrected chi connectivity index (χ0v) is 7.23. The third-order valence-electron chi connectivity index (χ3n) is 1.70. The number of aryl methyl sites for hydroxylation is 1. The van der Waals surface area contributed by atoms with Gasteiger partial charge in [-0.25, -0.2) is 18.9 Å². The van der Waals surface area contributed by atoms with Crippen molar-refractivity contribution in [2.45, 2.75) is 0 Å². The highest BCUT2D eigenvalue weighted by atomic mass is 19.1. The van der Waals surface area contributed by atoms with Gasteiger partial charge in [0.2, 0.25) is 0 Å². The van der Waals surface area contributed by atoms with Gasteiger partial charge in [0, 0.05) is 7.05 Å². The quantitative estimate of drug-likeness (QED) is 0.678. The lowest BCUT2D eigenvalue weighted by atomic mass is 10.4. The van der Waals surface area contributed by atoms with E-state index in [0.29, 0.717) is 0 Å². The van der Waals surface area contributed by atoms with Gasteiger partial charge >= 0.3 is 5.69 Å². The molecule has 0 unspecified atom stereocenters. The molecule has 0 saturated heterocycles. The van der Waals surface area contributed by atoms with Gasteiger partial charge in [-0.2, -0.15) is 10.1 Å². The van der Waals surface area contributed by atoms with Crippen LogP contribution in [0.25, 0.3) is 11.5 Å². The van der Waals surface area contributed by atoms with Crippen LogP contribution in [0.4, 0.5) is 4.39 Å². The first kappa shape index (κ1) is 8.54. The van der Waals surface area contributed by atoms with Gasteiger partial charge in [-0.05, 0) is 0 Å². The molecule has 2 rings (SSSR count). The molecule has 0 aromatic carbocycles. The van der Waals surface area contributed by atoms with E-state index >= 15 is 0 Å². The largest absolute Gasteiger partial charge is 0.345 e. The van der Waals surface area contributed by atoms with Gasteiger partial charge in [0.15, 0.2) is 11.6 Å². The number of hydrogen-bond acceptors (Lipinski definition) is 4. The smallest absolute Gasteiger partial charge is 0.300 e. The van der Waals surface area contributed by atoms with Crippen LogP contribution in [0.5, 0.6) is 0 Å². The molecule has 2 aromatic heterocycles. The summed E-state index contributed by atoms with van der Waals surface area (Å²) in [7, 11) is 1.60. The van der Waals surface area contributed by atoms with Crippen LogP contribution in [0.15, 0.2) is 17.3 Å². The molecule has 0 saturated carbocycles. The summed E-state index contributed by atoms with van der Waals surface area (Å²) in [5.41, 5.74) is -0.630. The maximum absolute atomic E-state index is 13.2. The van der Waals surface area contributed by atoms with Gasteiger partial charge in [-0.1, -0.05) is 0 Å². The number of hydrogen-bond donors (Lipinski definition) is 1. The lowest BCUT2D eigenvalue weighted by Crippen LogP contribution is -2.13. The summed E-state index contributed by atoms with van der Waals surface area (Å²) in [6, 6.07) is 0. The predicted octanol–water partition coefficient (Wildman–Crippen LogP) is -0.296. The molecule has 2 heterocycles. The van der Waals surface area contributed by atoms with Crippen LogP contribution >= 0.6 is 0 Å². The van der Waals surface area contributed by atoms with Crippen LogP contribution in [0, 0.1) is 5.82 Å². The maximum Gasteiger partial charge on any atom is 0.345 e. The molecule has 1 N–H and O–H groups in total. The predicted molar refractivity (Wildman–Crippen MR) is 44.8 cm³/mol. The Morgan fingerprint density at radius 2 is 2.29 bits per heavy atom. The van der Waals surface area contributed by atoms with E-state index in [1.807, 2.05) is 0 Å². The molecule has 72 valence electrons. The minimum Gasteiger partial charge on any atom is -0.300 e. The van der Waals surface area contributed by atoms with Crippen LogP contribution in [-0.2, 0) is 7.05 Å². The van der Waals surface area contributed by atoms with E-state index in [1.165, 1.54) is 11.0 Å². The number of aromatic amines is 1. The van der Waals surface area contributed by atoms with Crippen LogP contribution in [0.3, 0.4) is 0 Å². The van der Waals surface area contributed by atoms with Crippen molar-refractivity contribution in [3.8, 4) is 11.5 Å². The van der Waals surface area contributed by atoms with Crippen molar-refractivity contribution in [2.75, 3.05) is 0 Å². The number of aromatic nitrogens is 5. The molecule has 0 bridgehead atoms. The fourth-order valence-corrected chi connectivity index (χ4v) is 1.06. The van der Waals surface area contributed by atoms with Crippen molar-refractivity contribution < 1.29 is 4.39 Å². The van der Waals surface area contributed by atoms with E-state index in [4.69, 9.17) is 0 Å². The van der Waals surface area contributed by atoms with E-state index in [-0.39, 0.29) is 11.5 Å². The highest BCUT2D eigenvalue weighted by Gasteiger charge is 2.11. The molecule has 0 aliphatic heterocycles. The Kier molecular flexibility index (Phi) is 1.84. The fraction of sp³-hybridized carbons (Fsp3) is 0.143. The topological polar surface area (TPSA) is 76.5 Å². The van der Waals surface area contributed by atoms with Crippen LogP contribution in [0.2, 0.25) is 0 Å². The molecule has 6 nitrogen and oxygen atoms in total. The summed E-state index contributed by atoms with van der Waals surface area (Å²) in [5.74, 6) is -0.386. The van der Waals surface area contributed by atoms with Gasteiger partial charge in [0.25, 0.3) is 0 Å². The highest BCUT2D eigenvalue weighted by Crippen LogP contribution is 2.13. The summed E-state index contributed by atoms with van der Waals surface area (Å²) in [6.07, 6.45) is 2.12. The number of H-pyrrole nitrogens is 1. The third kappa shape index (κ3) is 1.28. The SMILES string of the molecule is Cn1ncnc1-c1[nH]c(=O)ncc1F. The van der Waals surface area contributed by atoms with Crippen molar-refractivity contribution in [1.29, 1.82) is 0 Å². The van der Waals surface area contributed by atoms with Crippen molar-refractivity contribution >= 4 is 0 Å². The first-order valence-electron chi connectivity index (χ1n) is 3.77. The van der Waals surface area contributed by atoms with E-state index in [2.05, 4.69) is 20.1 Å². The fourth-order valence-electron chi connectivity index (χ4n) is 1.06. The first-order chi connectivity index (χ1) is 6.68. The second-order valence-electron chi connectivity index (χ2n) is 2.62. The summed E-state index contributed by atoms with van der Waals surface area (Å²) < 4.78 is 14.6. The Morgan fingerprint density at radius 1 is 1.50 bits per heavy atom. The monoisotopic (exact) mass is 195 g/mol. The molecule has 0 atom stereocenters. The average Bonchev–Trinajstić information content (AvgIpc) is 2.56. The summed E-state index contributed by atoms with van der Waals surface area (Å²) in [4.78, 5) is 20.1. The van der Waals surface area contributed by atoms with Gasteiger partial charge in [0.1, 0.15) is 12.0 Å². The molecular formula is C7H6FN5O. The molecule has 7 heteroatoms. The van der Waals surface area contributed by atoms with E-state index in [9.17, 15) is 9.18 Å². The Hall–Kier alpha value is -2.05. The summed E-state index contributed by atoms with van der Waals surface area (Å²) in [6.45, 7) is 0. The van der Waals surface area contributed by atoms with Crippen molar-refractivity contribution in [1.82, 2.24) is 24.7 Å². The molecule has 0 amide bonds. The molecule has 14 heavy (non-hydrogen) atoms. The van der Waals surface area contributed by atoms with Crippen LogP contribution < -0.4 is 5.69 Å². The van der Waals surface area contributed by atoms with E-state index in [0.717, 1.165) is 6.20 Å². The van der Waals surface area contributed by atoms with E-state index < -0.39 is 11.5 Å². The van der Waals surface area contributed by atoms with E-state index in [1.54, 1.807) is 7.05 Å². The molecule has 0 radical (unpaired) electrons. The standard InChI is InChI=1S/C7H6FN5O/c1-13-6(10-3-11-13)5-4(8)2-9-7(14)12-5/h2-3H,1H3,(H,9,12,14). The lowest BCUT2D eigenvalue weighted by molar-refractivity contribution is 0.610. The van der Waals surface area contributed by atoms with Crippen molar-refractivity contribution in [3.63, 3.8) is 0 Å². The zero-order chi connectivity index (χ0) is 10.1. The summed E-state index contributed by atoms with van der Waals surface area (Å²) >= 11 is 0. The highest BCUT2D eigenvalue weighted by molar-refractivity contribution is 5.48. The summed E-state index contributed by atoms with van der Waals surface area (Å²) in [5, 5.41) is 3.76. The normalized spacial score (nSPS) is 10.4. The maximum atomic E-state index is 13.2.